The van der Waals surface area contributed by atoms with Crippen LogP contribution in [0.5, 0.6) is 0 Å². The lowest BCUT2D eigenvalue weighted by Crippen LogP contribution is -2.34. The van der Waals surface area contributed by atoms with Crippen molar-refractivity contribution in [2.75, 3.05) is 13.1 Å². The van der Waals surface area contributed by atoms with Gasteiger partial charge in [0.25, 0.3) is 0 Å². The number of nitrogens with zero attached hydrogens (tertiary/aromatic N) is 5. The Morgan fingerprint density at radius 3 is 3.05 bits per heavy atom. The lowest BCUT2D eigenvalue weighted by atomic mass is 9.98. The van der Waals surface area contributed by atoms with Gasteiger partial charge in [-0.25, -0.2) is 4.98 Å². The quantitative estimate of drug-likeness (QED) is 0.837. The van der Waals surface area contributed by atoms with Crippen LogP contribution in [0, 0.1) is 6.92 Å². The highest BCUT2D eigenvalue weighted by atomic mass is 16.5. The molecule has 0 amide bonds. The SMILES string of the molecule is Cc1noc(C2CCCN(Cc3nccn3C)C2)n1. The van der Waals surface area contributed by atoms with Crippen molar-refractivity contribution in [1.82, 2.24) is 24.6 Å². The number of aryl methyl sites for hydroxylation is 2. The van der Waals surface area contributed by atoms with E-state index in [0.717, 1.165) is 50.0 Å². The summed E-state index contributed by atoms with van der Waals surface area (Å²) in [7, 11) is 2.03. The van der Waals surface area contributed by atoms with Crippen molar-refractivity contribution in [1.29, 1.82) is 0 Å². The minimum absolute atomic E-state index is 0.357. The highest BCUT2D eigenvalue weighted by Gasteiger charge is 2.26. The summed E-state index contributed by atoms with van der Waals surface area (Å²) in [4.78, 5) is 11.2. The Kier molecular flexibility index (Phi) is 3.33. The second-order valence-corrected chi connectivity index (χ2v) is 5.21. The number of imidazole rings is 1. The number of rotatable bonds is 3. The fraction of sp³-hybridized carbons (Fsp3) is 0.615. The summed E-state index contributed by atoms with van der Waals surface area (Å²) in [6.07, 6.45) is 6.12. The van der Waals surface area contributed by atoms with Crippen LogP contribution in [0.1, 0.15) is 36.3 Å². The van der Waals surface area contributed by atoms with Crippen LogP contribution in [0.25, 0.3) is 0 Å². The second kappa shape index (κ2) is 5.13. The Balaban J connectivity index is 1.66. The molecule has 19 heavy (non-hydrogen) atoms. The van der Waals surface area contributed by atoms with Crippen LogP contribution in [-0.2, 0) is 13.6 Å². The van der Waals surface area contributed by atoms with Crippen molar-refractivity contribution in [3.63, 3.8) is 0 Å². The first kappa shape index (κ1) is 12.3. The summed E-state index contributed by atoms with van der Waals surface area (Å²) < 4.78 is 7.37. The maximum Gasteiger partial charge on any atom is 0.231 e. The summed E-state index contributed by atoms with van der Waals surface area (Å²) in [5, 5.41) is 3.89. The van der Waals surface area contributed by atoms with Gasteiger partial charge in [-0.2, -0.15) is 4.98 Å². The highest BCUT2D eigenvalue weighted by Crippen LogP contribution is 2.26. The van der Waals surface area contributed by atoms with Gasteiger partial charge in [-0.1, -0.05) is 5.16 Å². The van der Waals surface area contributed by atoms with Crippen molar-refractivity contribution in [3.05, 3.63) is 29.9 Å². The van der Waals surface area contributed by atoms with E-state index in [0.29, 0.717) is 5.92 Å². The van der Waals surface area contributed by atoms with Gasteiger partial charge >= 0.3 is 0 Å². The number of likely N-dealkylation sites (tertiary alicyclic amines) is 1. The van der Waals surface area contributed by atoms with Crippen LogP contribution in [0.4, 0.5) is 0 Å². The van der Waals surface area contributed by atoms with Gasteiger partial charge in [0, 0.05) is 26.0 Å². The molecule has 0 N–H and O–H groups in total. The van der Waals surface area contributed by atoms with E-state index in [1.54, 1.807) is 0 Å². The third kappa shape index (κ3) is 2.68. The summed E-state index contributed by atoms with van der Waals surface area (Å²) in [6, 6.07) is 0. The summed E-state index contributed by atoms with van der Waals surface area (Å²) in [5.41, 5.74) is 0. The molecule has 1 unspecified atom stereocenters. The van der Waals surface area contributed by atoms with Gasteiger partial charge in [-0.15, -0.1) is 0 Å². The van der Waals surface area contributed by atoms with E-state index >= 15 is 0 Å². The fourth-order valence-electron chi connectivity index (χ4n) is 2.63. The van der Waals surface area contributed by atoms with Crippen LogP contribution in [0.15, 0.2) is 16.9 Å². The smallest absolute Gasteiger partial charge is 0.231 e. The van der Waals surface area contributed by atoms with Gasteiger partial charge in [0.1, 0.15) is 5.82 Å². The molecular weight excluding hydrogens is 242 g/mol. The Bertz CT molecular complexity index is 547. The molecule has 0 aliphatic carbocycles. The fourth-order valence-corrected chi connectivity index (χ4v) is 2.63. The van der Waals surface area contributed by atoms with Crippen LogP contribution < -0.4 is 0 Å². The van der Waals surface area contributed by atoms with Crippen LogP contribution in [0.2, 0.25) is 0 Å². The first-order chi connectivity index (χ1) is 9.22. The van der Waals surface area contributed by atoms with Gasteiger partial charge in [0.15, 0.2) is 5.82 Å². The first-order valence-corrected chi connectivity index (χ1v) is 6.71. The summed E-state index contributed by atoms with van der Waals surface area (Å²) in [6.45, 7) is 4.82. The molecule has 0 spiro atoms. The topological polar surface area (TPSA) is 60.0 Å². The van der Waals surface area contributed by atoms with E-state index in [9.17, 15) is 0 Å². The van der Waals surface area contributed by atoms with Crippen LogP contribution >= 0.6 is 0 Å². The monoisotopic (exact) mass is 261 g/mol. The maximum atomic E-state index is 5.30. The van der Waals surface area contributed by atoms with E-state index in [2.05, 4.69) is 24.6 Å². The third-order valence-corrected chi connectivity index (χ3v) is 3.68. The molecule has 1 atom stereocenters. The molecule has 0 radical (unpaired) electrons. The van der Waals surface area contributed by atoms with Gasteiger partial charge < -0.3 is 9.09 Å². The number of piperidine rings is 1. The molecule has 3 heterocycles. The zero-order chi connectivity index (χ0) is 13.2. The number of hydrogen-bond donors (Lipinski definition) is 0. The average molecular weight is 261 g/mol. The van der Waals surface area contributed by atoms with Crippen molar-refractivity contribution in [2.24, 2.45) is 7.05 Å². The zero-order valence-electron chi connectivity index (χ0n) is 11.4. The van der Waals surface area contributed by atoms with Crippen molar-refractivity contribution >= 4 is 0 Å². The first-order valence-electron chi connectivity index (χ1n) is 6.71. The molecule has 2 aromatic heterocycles. The third-order valence-electron chi connectivity index (χ3n) is 3.68. The molecule has 102 valence electrons. The Morgan fingerprint density at radius 2 is 2.37 bits per heavy atom. The Hall–Kier alpha value is -1.69. The Labute approximate surface area is 112 Å². The van der Waals surface area contributed by atoms with Gasteiger partial charge in [-0.05, 0) is 26.3 Å². The van der Waals surface area contributed by atoms with E-state index in [1.807, 2.05) is 26.4 Å². The van der Waals surface area contributed by atoms with Gasteiger partial charge in [0.05, 0.1) is 12.5 Å². The van der Waals surface area contributed by atoms with E-state index in [4.69, 9.17) is 4.52 Å². The van der Waals surface area contributed by atoms with Crippen LogP contribution in [-0.4, -0.2) is 37.7 Å². The largest absolute Gasteiger partial charge is 0.339 e. The van der Waals surface area contributed by atoms with Gasteiger partial charge in [0.2, 0.25) is 5.89 Å². The Morgan fingerprint density at radius 1 is 1.47 bits per heavy atom. The van der Waals surface area contributed by atoms with Crippen LogP contribution in [0.3, 0.4) is 0 Å². The molecule has 0 bridgehead atoms. The minimum Gasteiger partial charge on any atom is -0.339 e. The molecule has 6 nitrogen and oxygen atoms in total. The predicted octanol–water partition coefficient (Wildman–Crippen LogP) is 1.49. The number of aromatic nitrogens is 4. The molecular formula is C13H19N5O. The number of hydrogen-bond acceptors (Lipinski definition) is 5. The molecule has 6 heteroatoms. The van der Waals surface area contributed by atoms with Gasteiger partial charge in [-0.3, -0.25) is 4.90 Å². The summed E-state index contributed by atoms with van der Waals surface area (Å²) >= 11 is 0. The molecule has 2 aromatic rings. The molecule has 0 saturated carbocycles. The molecule has 1 saturated heterocycles. The second-order valence-electron chi connectivity index (χ2n) is 5.21. The van der Waals surface area contributed by atoms with Crippen molar-refractivity contribution < 1.29 is 4.52 Å². The minimum atomic E-state index is 0.357. The summed E-state index contributed by atoms with van der Waals surface area (Å²) in [5.74, 6) is 2.95. The lowest BCUT2D eigenvalue weighted by molar-refractivity contribution is 0.175. The highest BCUT2D eigenvalue weighted by molar-refractivity contribution is 4.98. The lowest BCUT2D eigenvalue weighted by Gasteiger charge is -2.30. The molecule has 1 aliphatic heterocycles. The van der Waals surface area contributed by atoms with E-state index in [-0.39, 0.29) is 0 Å². The zero-order valence-corrected chi connectivity index (χ0v) is 11.4. The molecule has 1 aliphatic rings. The van der Waals surface area contributed by atoms with Crippen molar-refractivity contribution in [3.8, 4) is 0 Å². The predicted molar refractivity (Wildman–Crippen MR) is 69.5 cm³/mol. The van der Waals surface area contributed by atoms with E-state index in [1.165, 1.54) is 0 Å². The molecule has 1 fully saturated rings. The standard InChI is InChI=1S/C13H19N5O/c1-10-15-13(19-16-10)11-4-3-6-18(8-11)9-12-14-5-7-17(12)2/h5,7,11H,3-4,6,8-9H2,1-2H3. The van der Waals surface area contributed by atoms with Crippen molar-refractivity contribution in [2.45, 2.75) is 32.2 Å². The average Bonchev–Trinajstić information content (AvgIpc) is 3.00. The molecule has 3 rings (SSSR count). The normalized spacial score (nSPS) is 20.8. The maximum absolute atomic E-state index is 5.30. The molecule has 0 aromatic carbocycles. The van der Waals surface area contributed by atoms with E-state index < -0.39 is 0 Å².